The molecular weight excluding hydrogens is 312 g/mol. The van der Waals surface area contributed by atoms with Gasteiger partial charge < -0.3 is 10.1 Å². The third-order valence-electron chi connectivity index (χ3n) is 4.49. The van der Waals surface area contributed by atoms with E-state index in [4.69, 9.17) is 16.3 Å². The Morgan fingerprint density at radius 3 is 2.91 bits per heavy atom. The first-order valence-electron chi connectivity index (χ1n) is 7.62. The van der Waals surface area contributed by atoms with Gasteiger partial charge in [-0.05, 0) is 49.7 Å². The number of anilines is 1. The topological polar surface area (TPSA) is 41.6 Å². The van der Waals surface area contributed by atoms with Crippen LogP contribution >= 0.6 is 11.6 Å². The van der Waals surface area contributed by atoms with E-state index in [1.165, 1.54) is 0 Å². The van der Waals surface area contributed by atoms with Gasteiger partial charge in [-0.25, -0.2) is 4.79 Å². The molecule has 1 N–H and O–H groups in total. The van der Waals surface area contributed by atoms with Gasteiger partial charge in [-0.3, -0.25) is 4.90 Å². The number of halogens is 1. The summed E-state index contributed by atoms with van der Waals surface area (Å²) in [6.45, 7) is 3.97. The van der Waals surface area contributed by atoms with Crippen molar-refractivity contribution in [1.82, 2.24) is 5.32 Å². The van der Waals surface area contributed by atoms with Crippen LogP contribution in [-0.2, 0) is 0 Å². The van der Waals surface area contributed by atoms with E-state index in [0.29, 0.717) is 11.4 Å². The van der Waals surface area contributed by atoms with Crippen molar-refractivity contribution in [3.05, 3.63) is 58.6 Å². The molecule has 0 radical (unpaired) electrons. The highest BCUT2D eigenvalue weighted by Gasteiger charge is 2.49. The minimum Gasteiger partial charge on any atom is -0.467 e. The number of nitrogens with zero attached hydrogens (tertiary/aromatic N) is 1. The second-order valence-electron chi connectivity index (χ2n) is 6.34. The number of carbonyl (C=O) groups excluding carboxylic acids is 1. The number of aryl methyl sites for hydroxylation is 1. The lowest BCUT2D eigenvalue weighted by molar-refractivity contribution is 0.0379. The molecule has 5 heteroatoms. The second kappa shape index (κ2) is 4.90. The molecule has 0 aromatic heterocycles. The molecular formula is C18H17ClN2O2. The van der Waals surface area contributed by atoms with Crippen LogP contribution in [0.3, 0.4) is 0 Å². The lowest BCUT2D eigenvalue weighted by atomic mass is 9.90. The van der Waals surface area contributed by atoms with Gasteiger partial charge in [-0.15, -0.1) is 0 Å². The molecule has 0 spiro atoms. The average Bonchev–Trinajstić information content (AvgIpc) is 2.47. The summed E-state index contributed by atoms with van der Waals surface area (Å²) < 4.78 is 6.23. The molecule has 2 amide bonds. The van der Waals surface area contributed by atoms with Gasteiger partial charge in [0.1, 0.15) is 5.75 Å². The highest BCUT2D eigenvalue weighted by molar-refractivity contribution is 6.30. The Morgan fingerprint density at radius 1 is 1.30 bits per heavy atom. The summed E-state index contributed by atoms with van der Waals surface area (Å²) in [5, 5.41) is 3.72. The van der Waals surface area contributed by atoms with Crippen LogP contribution in [-0.4, -0.2) is 11.8 Å². The molecule has 2 heterocycles. The van der Waals surface area contributed by atoms with Crippen molar-refractivity contribution in [2.24, 2.45) is 0 Å². The van der Waals surface area contributed by atoms with Crippen molar-refractivity contribution < 1.29 is 9.53 Å². The van der Waals surface area contributed by atoms with Gasteiger partial charge in [0, 0.05) is 22.7 Å². The van der Waals surface area contributed by atoms with Crippen LogP contribution in [0.1, 0.15) is 30.5 Å². The summed E-state index contributed by atoms with van der Waals surface area (Å²) in [4.78, 5) is 14.4. The Kier molecular flexibility index (Phi) is 3.07. The first-order valence-corrected chi connectivity index (χ1v) is 8.00. The third-order valence-corrected chi connectivity index (χ3v) is 4.73. The first kappa shape index (κ1) is 14.4. The van der Waals surface area contributed by atoms with Gasteiger partial charge in [0.15, 0.2) is 5.72 Å². The lowest BCUT2D eigenvalue weighted by Crippen LogP contribution is -2.65. The zero-order valence-electron chi connectivity index (χ0n) is 13.0. The third kappa shape index (κ3) is 2.25. The first-order chi connectivity index (χ1) is 11.0. The summed E-state index contributed by atoms with van der Waals surface area (Å²) in [5.41, 5.74) is 2.15. The smallest absolute Gasteiger partial charge is 0.325 e. The summed E-state index contributed by atoms with van der Waals surface area (Å²) in [5.74, 6) is 0.769. The number of carbonyl (C=O) groups is 1. The number of fused-ring (bicyclic) bond motifs is 4. The van der Waals surface area contributed by atoms with Crippen molar-refractivity contribution in [2.45, 2.75) is 32.0 Å². The number of hydrogen-bond acceptors (Lipinski definition) is 2. The Balaban J connectivity index is 1.81. The van der Waals surface area contributed by atoms with E-state index >= 15 is 0 Å². The van der Waals surface area contributed by atoms with E-state index in [1.54, 1.807) is 4.90 Å². The van der Waals surface area contributed by atoms with Gasteiger partial charge in [0.25, 0.3) is 0 Å². The number of amides is 2. The van der Waals surface area contributed by atoms with E-state index in [0.717, 1.165) is 22.6 Å². The number of hydrogen-bond donors (Lipinski definition) is 1. The van der Waals surface area contributed by atoms with Gasteiger partial charge in [0.05, 0.1) is 6.04 Å². The van der Waals surface area contributed by atoms with Gasteiger partial charge >= 0.3 is 6.03 Å². The predicted octanol–water partition coefficient (Wildman–Crippen LogP) is 4.42. The van der Waals surface area contributed by atoms with Crippen LogP contribution in [0, 0.1) is 6.92 Å². The van der Waals surface area contributed by atoms with E-state index in [2.05, 4.69) is 5.32 Å². The van der Waals surface area contributed by atoms with Gasteiger partial charge in [0.2, 0.25) is 0 Å². The number of nitrogens with one attached hydrogen (secondary N) is 1. The van der Waals surface area contributed by atoms with Crippen LogP contribution < -0.4 is 15.0 Å². The fourth-order valence-electron chi connectivity index (χ4n) is 3.50. The highest BCUT2D eigenvalue weighted by atomic mass is 35.5. The van der Waals surface area contributed by atoms with Crippen molar-refractivity contribution in [3.63, 3.8) is 0 Å². The minimum absolute atomic E-state index is 0.0870. The Labute approximate surface area is 140 Å². The Bertz CT molecular complexity index is 807. The van der Waals surface area contributed by atoms with E-state index < -0.39 is 5.72 Å². The molecule has 4 rings (SSSR count). The fraction of sp³-hybridized carbons (Fsp3) is 0.278. The highest BCUT2D eigenvalue weighted by Crippen LogP contribution is 2.46. The SMILES string of the molecule is Cc1cccc(N2C(=O)N[C@H]3C[C@@]2(C)Oc2ccc(Cl)cc23)c1. The molecule has 0 saturated carbocycles. The fourth-order valence-corrected chi connectivity index (χ4v) is 3.68. The second-order valence-corrected chi connectivity index (χ2v) is 6.78. The zero-order valence-corrected chi connectivity index (χ0v) is 13.7. The zero-order chi connectivity index (χ0) is 16.2. The van der Waals surface area contributed by atoms with Crippen LogP contribution in [0.4, 0.5) is 10.5 Å². The quantitative estimate of drug-likeness (QED) is 0.842. The molecule has 23 heavy (non-hydrogen) atoms. The average molecular weight is 329 g/mol. The summed E-state index contributed by atoms with van der Waals surface area (Å²) in [7, 11) is 0. The van der Waals surface area contributed by atoms with E-state index in [9.17, 15) is 4.79 Å². The molecule has 2 aliphatic heterocycles. The largest absolute Gasteiger partial charge is 0.467 e. The normalized spacial score (nSPS) is 25.4. The maximum Gasteiger partial charge on any atom is 0.325 e. The molecule has 2 bridgehead atoms. The molecule has 0 unspecified atom stereocenters. The minimum atomic E-state index is -0.721. The van der Waals surface area contributed by atoms with E-state index in [-0.39, 0.29) is 12.1 Å². The monoisotopic (exact) mass is 328 g/mol. The van der Waals surface area contributed by atoms with Gasteiger partial charge in [-0.2, -0.15) is 0 Å². The van der Waals surface area contributed by atoms with Crippen molar-refractivity contribution in [1.29, 1.82) is 0 Å². The Morgan fingerprint density at radius 2 is 2.13 bits per heavy atom. The number of rotatable bonds is 1. The van der Waals surface area contributed by atoms with Crippen LogP contribution in [0.15, 0.2) is 42.5 Å². The van der Waals surface area contributed by atoms with Crippen LogP contribution in [0.5, 0.6) is 5.75 Å². The summed E-state index contributed by atoms with van der Waals surface area (Å²) >= 11 is 6.09. The maximum atomic E-state index is 12.7. The van der Waals surface area contributed by atoms with Crippen LogP contribution in [0.2, 0.25) is 5.02 Å². The molecule has 2 aromatic carbocycles. The molecule has 1 saturated heterocycles. The molecule has 118 valence electrons. The van der Waals surface area contributed by atoms with E-state index in [1.807, 2.05) is 56.3 Å². The Hall–Kier alpha value is -2.20. The molecule has 1 fully saturated rings. The van der Waals surface area contributed by atoms with Gasteiger partial charge in [-0.1, -0.05) is 23.7 Å². The number of benzene rings is 2. The molecule has 4 nitrogen and oxygen atoms in total. The summed E-state index contributed by atoms with van der Waals surface area (Å²) in [6.07, 6.45) is 0.667. The van der Waals surface area contributed by atoms with Crippen molar-refractivity contribution in [3.8, 4) is 5.75 Å². The summed E-state index contributed by atoms with van der Waals surface area (Å²) in [6, 6.07) is 13.2. The number of urea groups is 1. The van der Waals surface area contributed by atoms with Crippen molar-refractivity contribution >= 4 is 23.3 Å². The standard InChI is InChI=1S/C18H17ClN2O2/c1-11-4-3-5-13(8-11)21-17(22)20-15-10-18(21,2)23-16-7-6-12(19)9-14(15)16/h3-9,15H,10H2,1-2H3,(H,20,22)/t15-,18+/m0/s1. The lowest BCUT2D eigenvalue weighted by Gasteiger charge is -2.50. The van der Waals surface area contributed by atoms with Crippen LogP contribution in [0.25, 0.3) is 0 Å². The molecule has 2 aliphatic rings. The van der Waals surface area contributed by atoms with Crippen molar-refractivity contribution in [2.75, 3.05) is 4.90 Å². The molecule has 0 aliphatic carbocycles. The number of ether oxygens (including phenoxy) is 1. The molecule has 2 aromatic rings. The molecule has 2 atom stereocenters. The predicted molar refractivity (Wildman–Crippen MR) is 90.0 cm³/mol. The maximum absolute atomic E-state index is 12.7.